The summed E-state index contributed by atoms with van der Waals surface area (Å²) in [5.74, 6) is 0. The molecule has 0 amide bonds. The molecule has 0 aliphatic carbocycles. The third-order valence-corrected chi connectivity index (χ3v) is 6.43. The van der Waals surface area contributed by atoms with Gasteiger partial charge in [0.2, 0.25) is 0 Å². The number of aromatic nitrogens is 1. The van der Waals surface area contributed by atoms with Gasteiger partial charge >= 0.3 is 0 Å². The van der Waals surface area contributed by atoms with Gasteiger partial charge in [-0.15, -0.1) is 0 Å². The standard InChI is InChI=1S/C30H23N/c1-20-17-18-23-25(19-20)27(21-11-5-3-6-12-21)28(22-13-7-4-8-14-22)29-24-15-9-10-16-26(24)31(2)30(23)29/h3-19H,1-2H3. The van der Waals surface area contributed by atoms with E-state index in [0.29, 0.717) is 0 Å². The zero-order chi connectivity index (χ0) is 20.9. The number of hydrogen-bond acceptors (Lipinski definition) is 0. The molecule has 0 aliphatic heterocycles. The summed E-state index contributed by atoms with van der Waals surface area (Å²) in [6.07, 6.45) is 0. The lowest BCUT2D eigenvalue weighted by Gasteiger charge is -2.18. The molecule has 1 heterocycles. The largest absolute Gasteiger partial charge is 0.343 e. The normalized spacial score (nSPS) is 11.5. The van der Waals surface area contributed by atoms with Crippen LogP contribution in [0.4, 0.5) is 0 Å². The van der Waals surface area contributed by atoms with E-state index in [-0.39, 0.29) is 0 Å². The van der Waals surface area contributed by atoms with Crippen LogP contribution in [-0.2, 0) is 7.05 Å². The van der Waals surface area contributed by atoms with Crippen LogP contribution in [0.5, 0.6) is 0 Å². The van der Waals surface area contributed by atoms with Crippen molar-refractivity contribution >= 4 is 32.6 Å². The second-order valence-electron chi connectivity index (χ2n) is 8.33. The Kier molecular flexibility index (Phi) is 3.97. The highest BCUT2D eigenvalue weighted by molar-refractivity contribution is 6.28. The van der Waals surface area contributed by atoms with E-state index in [1.54, 1.807) is 0 Å². The number of fused-ring (bicyclic) bond motifs is 5. The molecule has 6 aromatic rings. The van der Waals surface area contributed by atoms with Crippen molar-refractivity contribution in [2.45, 2.75) is 6.92 Å². The Morgan fingerprint density at radius 2 is 1.16 bits per heavy atom. The Bertz CT molecular complexity index is 1570. The number of rotatable bonds is 2. The predicted octanol–water partition coefficient (Wildman–Crippen LogP) is 8.13. The molecule has 0 unspecified atom stereocenters. The number of hydrogen-bond donors (Lipinski definition) is 0. The molecule has 1 nitrogen and oxygen atoms in total. The minimum absolute atomic E-state index is 1.26. The first-order chi connectivity index (χ1) is 15.2. The second-order valence-corrected chi connectivity index (χ2v) is 8.33. The van der Waals surface area contributed by atoms with Gasteiger partial charge < -0.3 is 4.57 Å². The monoisotopic (exact) mass is 397 g/mol. The average molecular weight is 398 g/mol. The molecule has 1 heteroatoms. The third-order valence-electron chi connectivity index (χ3n) is 6.43. The van der Waals surface area contributed by atoms with Crippen LogP contribution in [0.25, 0.3) is 54.8 Å². The zero-order valence-electron chi connectivity index (χ0n) is 17.8. The highest BCUT2D eigenvalue weighted by Gasteiger charge is 2.22. The Labute approximate surface area is 182 Å². The topological polar surface area (TPSA) is 4.93 Å². The Balaban J connectivity index is 1.98. The van der Waals surface area contributed by atoms with Crippen molar-refractivity contribution in [3.63, 3.8) is 0 Å². The summed E-state index contributed by atoms with van der Waals surface area (Å²) in [7, 11) is 2.20. The van der Waals surface area contributed by atoms with Crippen LogP contribution in [0.2, 0.25) is 0 Å². The summed E-state index contributed by atoms with van der Waals surface area (Å²) in [4.78, 5) is 0. The summed E-state index contributed by atoms with van der Waals surface area (Å²) in [6, 6.07) is 37.4. The predicted molar refractivity (Wildman–Crippen MR) is 134 cm³/mol. The van der Waals surface area contributed by atoms with E-state index in [1.165, 1.54) is 60.4 Å². The van der Waals surface area contributed by atoms with E-state index < -0.39 is 0 Å². The molecule has 31 heavy (non-hydrogen) atoms. The second kappa shape index (κ2) is 6.85. The van der Waals surface area contributed by atoms with Gasteiger partial charge in [0, 0.05) is 34.3 Å². The van der Waals surface area contributed by atoms with E-state index in [1.807, 2.05) is 0 Å². The smallest absolute Gasteiger partial charge is 0.0575 e. The molecular formula is C30H23N. The molecule has 0 aliphatic rings. The van der Waals surface area contributed by atoms with Gasteiger partial charge in [0.25, 0.3) is 0 Å². The molecule has 0 atom stereocenters. The van der Waals surface area contributed by atoms with Gasteiger partial charge in [0.1, 0.15) is 0 Å². The van der Waals surface area contributed by atoms with Gasteiger partial charge in [0.05, 0.1) is 5.52 Å². The van der Waals surface area contributed by atoms with Crippen LogP contribution in [0, 0.1) is 6.92 Å². The summed E-state index contributed by atoms with van der Waals surface area (Å²) in [5, 5.41) is 5.25. The van der Waals surface area contributed by atoms with Gasteiger partial charge in [-0.3, -0.25) is 0 Å². The number of nitrogens with zero attached hydrogens (tertiary/aromatic N) is 1. The lowest BCUT2D eigenvalue weighted by atomic mass is 9.86. The maximum Gasteiger partial charge on any atom is 0.0575 e. The minimum Gasteiger partial charge on any atom is -0.343 e. The third kappa shape index (κ3) is 2.63. The fraction of sp³-hybridized carbons (Fsp3) is 0.0667. The van der Waals surface area contributed by atoms with E-state index in [4.69, 9.17) is 0 Å². The van der Waals surface area contributed by atoms with Crippen molar-refractivity contribution in [3.8, 4) is 22.3 Å². The Morgan fingerprint density at radius 1 is 0.548 bits per heavy atom. The Morgan fingerprint density at radius 3 is 1.87 bits per heavy atom. The molecule has 0 fully saturated rings. The van der Waals surface area contributed by atoms with Crippen LogP contribution in [0.15, 0.2) is 103 Å². The molecule has 0 radical (unpaired) electrons. The molecular weight excluding hydrogens is 374 g/mol. The lowest BCUT2D eigenvalue weighted by Crippen LogP contribution is -1.94. The lowest BCUT2D eigenvalue weighted by molar-refractivity contribution is 1.02. The maximum absolute atomic E-state index is 2.36. The van der Waals surface area contributed by atoms with Gasteiger partial charge in [-0.2, -0.15) is 0 Å². The first-order valence-electron chi connectivity index (χ1n) is 10.8. The summed E-state index contributed by atoms with van der Waals surface area (Å²) >= 11 is 0. The molecule has 0 spiro atoms. The van der Waals surface area contributed by atoms with Gasteiger partial charge in [-0.05, 0) is 35.1 Å². The van der Waals surface area contributed by atoms with Crippen molar-refractivity contribution in [2.24, 2.45) is 7.05 Å². The van der Waals surface area contributed by atoms with Gasteiger partial charge in [-0.1, -0.05) is 103 Å². The van der Waals surface area contributed by atoms with Crippen molar-refractivity contribution in [2.75, 3.05) is 0 Å². The number of aryl methyl sites for hydroxylation is 2. The zero-order valence-corrected chi connectivity index (χ0v) is 17.8. The number of para-hydroxylation sites is 1. The molecule has 0 saturated carbocycles. The quantitative estimate of drug-likeness (QED) is 0.278. The van der Waals surface area contributed by atoms with Crippen LogP contribution in [0.1, 0.15) is 5.56 Å². The number of benzene rings is 5. The molecule has 0 saturated heterocycles. The van der Waals surface area contributed by atoms with Crippen molar-refractivity contribution in [3.05, 3.63) is 109 Å². The summed E-state index contributed by atoms with van der Waals surface area (Å²) in [6.45, 7) is 2.18. The molecule has 6 rings (SSSR count). The first-order valence-corrected chi connectivity index (χ1v) is 10.8. The molecule has 5 aromatic carbocycles. The van der Waals surface area contributed by atoms with E-state index in [2.05, 4.69) is 122 Å². The fourth-order valence-electron chi connectivity index (χ4n) is 5.09. The van der Waals surface area contributed by atoms with Crippen LogP contribution in [0.3, 0.4) is 0 Å². The Hall–Kier alpha value is -3.84. The summed E-state index contributed by atoms with van der Waals surface area (Å²) < 4.78 is 2.36. The molecule has 0 bridgehead atoms. The van der Waals surface area contributed by atoms with E-state index >= 15 is 0 Å². The minimum atomic E-state index is 1.26. The van der Waals surface area contributed by atoms with Gasteiger partial charge in [0.15, 0.2) is 0 Å². The molecule has 1 aromatic heterocycles. The summed E-state index contributed by atoms with van der Waals surface area (Å²) in [5.41, 5.74) is 8.99. The van der Waals surface area contributed by atoms with E-state index in [9.17, 15) is 0 Å². The first kappa shape index (κ1) is 18.0. The molecule has 0 N–H and O–H groups in total. The maximum atomic E-state index is 2.36. The van der Waals surface area contributed by atoms with Crippen molar-refractivity contribution < 1.29 is 0 Å². The SMILES string of the molecule is Cc1ccc2c(c1)c(-c1ccccc1)c(-c1ccccc1)c1c3ccccc3n(C)c21. The highest BCUT2D eigenvalue weighted by Crippen LogP contribution is 2.47. The van der Waals surface area contributed by atoms with Crippen molar-refractivity contribution in [1.82, 2.24) is 4.57 Å². The fourth-order valence-corrected chi connectivity index (χ4v) is 5.09. The van der Waals surface area contributed by atoms with Crippen LogP contribution < -0.4 is 0 Å². The highest BCUT2D eigenvalue weighted by atomic mass is 14.9. The van der Waals surface area contributed by atoms with Crippen molar-refractivity contribution in [1.29, 1.82) is 0 Å². The van der Waals surface area contributed by atoms with Crippen LogP contribution in [-0.4, -0.2) is 4.57 Å². The van der Waals surface area contributed by atoms with E-state index in [0.717, 1.165) is 0 Å². The van der Waals surface area contributed by atoms with Gasteiger partial charge in [-0.25, -0.2) is 0 Å². The average Bonchev–Trinajstić information content (AvgIpc) is 3.12. The van der Waals surface area contributed by atoms with Crippen LogP contribution >= 0.6 is 0 Å². The molecule has 148 valence electrons.